The molecule has 1 aromatic rings. The molecule has 132 valence electrons. The second kappa shape index (κ2) is 8.40. The van der Waals surface area contributed by atoms with E-state index in [-0.39, 0.29) is 5.57 Å². The van der Waals surface area contributed by atoms with Crippen LogP contribution in [0, 0.1) is 17.2 Å². The molecular formula is C17H18ClN3O4. The molecule has 0 unspecified atom stereocenters. The van der Waals surface area contributed by atoms with Crippen molar-refractivity contribution in [3.05, 3.63) is 35.0 Å². The first-order chi connectivity index (χ1) is 12.0. The molecule has 0 radical (unpaired) electrons. The van der Waals surface area contributed by atoms with Gasteiger partial charge in [0.2, 0.25) is 0 Å². The smallest absolute Gasteiger partial charge is 0.306 e. The molecule has 0 aliphatic carbocycles. The molecule has 25 heavy (non-hydrogen) atoms. The van der Waals surface area contributed by atoms with Gasteiger partial charge in [-0.3, -0.25) is 9.59 Å². The lowest BCUT2D eigenvalue weighted by Crippen LogP contribution is -2.40. The molecule has 0 aromatic heterocycles. The van der Waals surface area contributed by atoms with Crippen LogP contribution in [0.2, 0.25) is 5.02 Å². The molecule has 1 heterocycles. The number of nitrogens with zero attached hydrogens (tertiary/aromatic N) is 2. The van der Waals surface area contributed by atoms with E-state index in [9.17, 15) is 14.9 Å². The number of rotatable bonds is 5. The molecule has 1 aliphatic rings. The van der Waals surface area contributed by atoms with Gasteiger partial charge in [0.05, 0.1) is 18.7 Å². The van der Waals surface area contributed by atoms with Crippen LogP contribution in [-0.4, -0.2) is 42.1 Å². The number of nitrogens with one attached hydrogen (secondary N) is 1. The van der Waals surface area contributed by atoms with Crippen LogP contribution in [0.25, 0.3) is 0 Å². The van der Waals surface area contributed by atoms with Crippen LogP contribution in [0.1, 0.15) is 12.8 Å². The number of amides is 1. The molecule has 8 heteroatoms. The molecule has 1 saturated heterocycles. The Morgan fingerprint density at radius 3 is 2.68 bits per heavy atom. The van der Waals surface area contributed by atoms with E-state index in [0.717, 1.165) is 0 Å². The summed E-state index contributed by atoms with van der Waals surface area (Å²) in [6, 6.07) is 6.83. The standard InChI is InChI=1S/C17H18ClN3O4/c1-25-15-3-2-13(18)8-14(15)20-10-12(9-19)16(22)21-6-4-11(5-7-21)17(23)24/h2-3,8,10-11,20H,4-7H2,1H3,(H,23,24)/b12-10-. The SMILES string of the molecule is COc1ccc(Cl)cc1N/C=C(/C#N)C(=O)N1CCC(C(=O)O)CC1. The number of carboxylic acid groups (broad SMARTS) is 1. The molecule has 2 N–H and O–H groups in total. The topological polar surface area (TPSA) is 103 Å². The van der Waals surface area contributed by atoms with Crippen molar-refractivity contribution >= 4 is 29.2 Å². The van der Waals surface area contributed by atoms with Gasteiger partial charge in [-0.25, -0.2) is 0 Å². The third kappa shape index (κ3) is 4.64. The Balaban J connectivity index is 2.08. The first kappa shape index (κ1) is 18.6. The minimum Gasteiger partial charge on any atom is -0.495 e. The Kier molecular flexibility index (Phi) is 6.25. The molecule has 1 aromatic carbocycles. The van der Waals surface area contributed by atoms with Crippen molar-refractivity contribution in [1.82, 2.24) is 4.90 Å². The van der Waals surface area contributed by atoms with Crippen LogP contribution in [0.4, 0.5) is 5.69 Å². The van der Waals surface area contributed by atoms with Crippen molar-refractivity contribution in [2.24, 2.45) is 5.92 Å². The highest BCUT2D eigenvalue weighted by molar-refractivity contribution is 6.30. The van der Waals surface area contributed by atoms with Crippen LogP contribution < -0.4 is 10.1 Å². The highest BCUT2D eigenvalue weighted by atomic mass is 35.5. The van der Waals surface area contributed by atoms with Crippen LogP contribution in [0.3, 0.4) is 0 Å². The van der Waals surface area contributed by atoms with Gasteiger partial charge < -0.3 is 20.1 Å². The van der Waals surface area contributed by atoms with Crippen LogP contribution in [0.5, 0.6) is 5.75 Å². The molecule has 0 bridgehead atoms. The fourth-order valence-corrected chi connectivity index (χ4v) is 2.76. The number of halogens is 1. The highest BCUT2D eigenvalue weighted by Crippen LogP contribution is 2.28. The molecule has 0 atom stereocenters. The van der Waals surface area contributed by atoms with E-state index in [1.54, 1.807) is 18.2 Å². The average molecular weight is 364 g/mol. The summed E-state index contributed by atoms with van der Waals surface area (Å²) >= 11 is 5.94. The van der Waals surface area contributed by atoms with Crippen molar-refractivity contribution < 1.29 is 19.4 Å². The summed E-state index contributed by atoms with van der Waals surface area (Å²) in [6.45, 7) is 0.630. The normalized spacial score (nSPS) is 15.4. The van der Waals surface area contributed by atoms with Gasteiger partial charge in [-0.05, 0) is 31.0 Å². The molecule has 7 nitrogen and oxygen atoms in total. The number of aliphatic carboxylic acids is 1. The summed E-state index contributed by atoms with van der Waals surface area (Å²) in [5.41, 5.74) is 0.455. The zero-order valence-electron chi connectivity index (χ0n) is 13.7. The predicted octanol–water partition coefficient (Wildman–Crippen LogP) is 2.49. The summed E-state index contributed by atoms with van der Waals surface area (Å²) in [6.07, 6.45) is 2.07. The van der Waals surface area contributed by atoms with E-state index in [0.29, 0.717) is 42.4 Å². The summed E-state index contributed by atoms with van der Waals surface area (Å²) in [7, 11) is 1.50. The van der Waals surface area contributed by atoms with Gasteiger partial charge in [-0.1, -0.05) is 11.6 Å². The fourth-order valence-electron chi connectivity index (χ4n) is 2.58. The van der Waals surface area contributed by atoms with Crippen molar-refractivity contribution in [2.45, 2.75) is 12.8 Å². The number of ether oxygens (including phenoxy) is 1. The second-order valence-corrected chi connectivity index (χ2v) is 6.00. The van der Waals surface area contributed by atoms with Gasteiger partial charge >= 0.3 is 5.97 Å². The number of likely N-dealkylation sites (tertiary alicyclic amines) is 1. The number of carbonyl (C=O) groups excluding carboxylic acids is 1. The monoisotopic (exact) mass is 363 g/mol. The average Bonchev–Trinajstić information content (AvgIpc) is 2.62. The van der Waals surface area contributed by atoms with E-state index in [4.69, 9.17) is 21.4 Å². The number of piperidine rings is 1. The third-order valence-electron chi connectivity index (χ3n) is 4.02. The van der Waals surface area contributed by atoms with Gasteiger partial charge in [-0.15, -0.1) is 0 Å². The lowest BCUT2D eigenvalue weighted by molar-refractivity contribution is -0.145. The first-order valence-electron chi connectivity index (χ1n) is 7.68. The van der Waals surface area contributed by atoms with E-state index in [1.165, 1.54) is 18.2 Å². The quantitative estimate of drug-likeness (QED) is 0.615. The Labute approximate surface area is 150 Å². The van der Waals surface area contributed by atoms with E-state index in [2.05, 4.69) is 5.32 Å². The van der Waals surface area contributed by atoms with Gasteiger partial charge in [0, 0.05) is 24.3 Å². The maximum absolute atomic E-state index is 12.4. The Morgan fingerprint density at radius 1 is 1.44 bits per heavy atom. The zero-order valence-corrected chi connectivity index (χ0v) is 14.4. The second-order valence-electron chi connectivity index (χ2n) is 5.56. The molecule has 1 aliphatic heterocycles. The van der Waals surface area contributed by atoms with Crippen LogP contribution >= 0.6 is 11.6 Å². The Morgan fingerprint density at radius 2 is 2.12 bits per heavy atom. The van der Waals surface area contributed by atoms with E-state index < -0.39 is 17.8 Å². The lowest BCUT2D eigenvalue weighted by Gasteiger charge is -2.29. The zero-order chi connectivity index (χ0) is 18.4. The number of hydrogen-bond donors (Lipinski definition) is 2. The summed E-state index contributed by atoms with van der Waals surface area (Å²) in [4.78, 5) is 24.9. The molecule has 1 fully saturated rings. The van der Waals surface area contributed by atoms with E-state index >= 15 is 0 Å². The predicted molar refractivity (Wildman–Crippen MR) is 92.3 cm³/mol. The summed E-state index contributed by atoms with van der Waals surface area (Å²) in [5.74, 6) is -1.20. The number of carbonyl (C=O) groups is 2. The molecule has 0 spiro atoms. The van der Waals surface area contributed by atoms with Crippen LogP contribution in [0.15, 0.2) is 30.0 Å². The van der Waals surface area contributed by atoms with Crippen molar-refractivity contribution in [2.75, 3.05) is 25.5 Å². The third-order valence-corrected chi connectivity index (χ3v) is 4.25. The Hall–Kier alpha value is -2.72. The summed E-state index contributed by atoms with van der Waals surface area (Å²) in [5, 5.41) is 21.6. The van der Waals surface area contributed by atoms with Gasteiger partial charge in [0.25, 0.3) is 5.91 Å². The largest absolute Gasteiger partial charge is 0.495 e. The van der Waals surface area contributed by atoms with Gasteiger partial charge in [0.15, 0.2) is 0 Å². The molecular weight excluding hydrogens is 346 g/mol. The fraction of sp³-hybridized carbons (Fsp3) is 0.353. The molecule has 2 rings (SSSR count). The number of benzene rings is 1. The van der Waals surface area contributed by atoms with E-state index in [1.807, 2.05) is 6.07 Å². The number of carboxylic acids is 1. The lowest BCUT2D eigenvalue weighted by atomic mass is 9.97. The first-order valence-corrected chi connectivity index (χ1v) is 8.06. The molecule has 0 saturated carbocycles. The van der Waals surface area contributed by atoms with Crippen molar-refractivity contribution in [1.29, 1.82) is 5.26 Å². The number of hydrogen-bond acceptors (Lipinski definition) is 5. The minimum atomic E-state index is -0.849. The molecule has 1 amide bonds. The Bertz CT molecular complexity index is 734. The van der Waals surface area contributed by atoms with Gasteiger partial charge in [-0.2, -0.15) is 5.26 Å². The maximum Gasteiger partial charge on any atom is 0.306 e. The van der Waals surface area contributed by atoms with Gasteiger partial charge in [0.1, 0.15) is 17.4 Å². The number of methoxy groups -OCH3 is 1. The van der Waals surface area contributed by atoms with Crippen LogP contribution in [-0.2, 0) is 9.59 Å². The maximum atomic E-state index is 12.4. The van der Waals surface area contributed by atoms with Crippen molar-refractivity contribution in [3.63, 3.8) is 0 Å². The summed E-state index contributed by atoms with van der Waals surface area (Å²) < 4.78 is 5.19. The number of nitriles is 1. The minimum absolute atomic E-state index is 0.0733. The number of anilines is 1. The van der Waals surface area contributed by atoms with Crippen molar-refractivity contribution in [3.8, 4) is 11.8 Å². The highest BCUT2D eigenvalue weighted by Gasteiger charge is 2.28.